The molecule has 1 unspecified atom stereocenters. The van der Waals surface area contributed by atoms with Gasteiger partial charge in [0.2, 0.25) is 0 Å². The smallest absolute Gasteiger partial charge is 0.160 e. The molecule has 8 aromatic carbocycles. The number of hydrogen-bond donors (Lipinski definition) is 0. The summed E-state index contributed by atoms with van der Waals surface area (Å²) in [7, 11) is 0. The number of aromatic nitrogens is 1. The average Bonchev–Trinajstić information content (AvgIpc) is 3.93. The van der Waals surface area contributed by atoms with E-state index in [4.69, 9.17) is 18.8 Å². The molecule has 5 nitrogen and oxygen atoms in total. The lowest BCUT2D eigenvalue weighted by Crippen LogP contribution is -2.17. The van der Waals surface area contributed by atoms with Gasteiger partial charge in [-0.2, -0.15) is 0 Å². The van der Waals surface area contributed by atoms with Crippen molar-refractivity contribution in [1.29, 1.82) is 0 Å². The highest BCUT2D eigenvalue weighted by molar-refractivity contribution is 6.18. The first-order valence-corrected chi connectivity index (χ1v) is 19.9. The Bertz CT molecular complexity index is 3560. The van der Waals surface area contributed by atoms with Gasteiger partial charge < -0.3 is 13.4 Å². The SMILES string of the molecule is CC1C/C=C(c2cc3c(cc2-n2c4ccccc4c4cc5ccccc5cc42)oc2ccccc23)/N=C(c2ccccc2)\N=C/1c1ccc2oc3ccccc3c2c1. The Balaban J connectivity index is 1.13. The number of allylic oxidation sites excluding steroid dienone is 1. The van der Waals surface area contributed by atoms with Crippen LogP contribution in [0.3, 0.4) is 0 Å². The molecule has 11 aromatic rings. The first kappa shape index (κ1) is 32.7. The number of hydrogen-bond acceptors (Lipinski definition) is 4. The minimum absolute atomic E-state index is 0.0846. The zero-order valence-electron chi connectivity index (χ0n) is 31.7. The molecular weight excluding hydrogens is 711 g/mol. The monoisotopic (exact) mass is 745 g/mol. The Hall–Kier alpha value is -7.50. The van der Waals surface area contributed by atoms with Gasteiger partial charge >= 0.3 is 0 Å². The van der Waals surface area contributed by atoms with E-state index in [0.717, 1.165) is 95.1 Å². The molecule has 0 radical (unpaired) electrons. The van der Waals surface area contributed by atoms with Gasteiger partial charge in [0.05, 0.1) is 28.1 Å². The van der Waals surface area contributed by atoms with Crippen LogP contribution in [0.4, 0.5) is 0 Å². The van der Waals surface area contributed by atoms with Gasteiger partial charge in [-0.1, -0.05) is 122 Å². The van der Waals surface area contributed by atoms with E-state index in [1.165, 1.54) is 21.5 Å². The number of fused-ring (bicyclic) bond motifs is 10. The second-order valence-electron chi connectivity index (χ2n) is 15.4. The van der Waals surface area contributed by atoms with Crippen LogP contribution in [0.25, 0.3) is 87.8 Å². The maximum Gasteiger partial charge on any atom is 0.160 e. The predicted molar refractivity (Wildman–Crippen MR) is 241 cm³/mol. The molecule has 0 bridgehead atoms. The van der Waals surface area contributed by atoms with Crippen LogP contribution in [0.1, 0.15) is 30.0 Å². The molecule has 1 aliphatic heterocycles. The molecule has 0 fully saturated rings. The first-order valence-electron chi connectivity index (χ1n) is 19.9. The molecule has 274 valence electrons. The standard InChI is InChI=1S/C53H35N3O2/c1-32-23-25-44(54-53(33-13-3-2-4-14-33)55-52(32)36-24-26-50-41(28-36)38-18-8-11-21-48(38)57-50)43-30-42-39-19-9-12-22-49(39)58-51(42)31-47(43)56-45-20-10-7-17-37(45)40-27-34-15-5-6-16-35(34)29-46(40)56/h2-22,24-32H,23H2,1H3/b44-25+,54-53-,55-52+. The van der Waals surface area contributed by atoms with E-state index in [-0.39, 0.29) is 5.92 Å². The number of amidine groups is 1. The topological polar surface area (TPSA) is 55.9 Å². The molecule has 1 aliphatic rings. The van der Waals surface area contributed by atoms with Gasteiger partial charge in [-0.25, -0.2) is 9.98 Å². The van der Waals surface area contributed by atoms with E-state index in [2.05, 4.69) is 157 Å². The van der Waals surface area contributed by atoms with E-state index >= 15 is 0 Å². The number of nitrogens with zero attached hydrogens (tertiary/aromatic N) is 3. The summed E-state index contributed by atoms with van der Waals surface area (Å²) >= 11 is 0. The molecule has 4 heterocycles. The highest BCUT2D eigenvalue weighted by atomic mass is 16.3. The minimum Gasteiger partial charge on any atom is -0.456 e. The minimum atomic E-state index is 0.0846. The van der Waals surface area contributed by atoms with Crippen LogP contribution in [-0.2, 0) is 0 Å². The zero-order valence-corrected chi connectivity index (χ0v) is 31.7. The molecule has 3 aromatic heterocycles. The third kappa shape index (κ3) is 5.10. The Morgan fingerprint density at radius 2 is 1.12 bits per heavy atom. The van der Waals surface area contributed by atoms with E-state index < -0.39 is 0 Å². The van der Waals surface area contributed by atoms with E-state index in [0.29, 0.717) is 5.84 Å². The highest BCUT2D eigenvalue weighted by Crippen LogP contribution is 2.41. The second-order valence-corrected chi connectivity index (χ2v) is 15.4. The van der Waals surface area contributed by atoms with Crippen molar-refractivity contribution < 1.29 is 8.83 Å². The van der Waals surface area contributed by atoms with Crippen molar-refractivity contribution >= 4 is 93.7 Å². The lowest BCUT2D eigenvalue weighted by Gasteiger charge is -2.20. The van der Waals surface area contributed by atoms with Crippen LogP contribution in [0.2, 0.25) is 0 Å². The highest BCUT2D eigenvalue weighted by Gasteiger charge is 2.24. The van der Waals surface area contributed by atoms with Gasteiger partial charge in [0.15, 0.2) is 5.84 Å². The van der Waals surface area contributed by atoms with Crippen LogP contribution in [-0.4, -0.2) is 16.1 Å². The fourth-order valence-electron chi connectivity index (χ4n) is 9.00. The van der Waals surface area contributed by atoms with Crippen molar-refractivity contribution in [2.75, 3.05) is 0 Å². The van der Waals surface area contributed by atoms with Gasteiger partial charge in [-0.05, 0) is 77.4 Å². The van der Waals surface area contributed by atoms with Crippen LogP contribution in [0.15, 0.2) is 195 Å². The maximum atomic E-state index is 6.60. The van der Waals surface area contributed by atoms with Crippen molar-refractivity contribution in [2.24, 2.45) is 15.9 Å². The van der Waals surface area contributed by atoms with Crippen LogP contribution < -0.4 is 0 Å². The van der Waals surface area contributed by atoms with Gasteiger partial charge in [-0.15, -0.1) is 0 Å². The summed E-state index contributed by atoms with van der Waals surface area (Å²) in [6, 6.07) is 59.7. The zero-order chi connectivity index (χ0) is 38.3. The van der Waals surface area contributed by atoms with Crippen molar-refractivity contribution in [2.45, 2.75) is 13.3 Å². The van der Waals surface area contributed by atoms with Crippen LogP contribution in [0.5, 0.6) is 0 Å². The molecule has 0 aliphatic carbocycles. The van der Waals surface area contributed by atoms with Gasteiger partial charge in [-0.3, -0.25) is 0 Å². The molecule has 0 N–H and O–H groups in total. The van der Waals surface area contributed by atoms with Crippen molar-refractivity contribution in [1.82, 2.24) is 4.57 Å². The van der Waals surface area contributed by atoms with E-state index in [1.54, 1.807) is 0 Å². The molecule has 12 rings (SSSR count). The number of aliphatic imine (C=N–C) groups is 2. The Morgan fingerprint density at radius 1 is 0.483 bits per heavy atom. The van der Waals surface area contributed by atoms with Gasteiger partial charge in [0.1, 0.15) is 22.3 Å². The average molecular weight is 746 g/mol. The predicted octanol–water partition coefficient (Wildman–Crippen LogP) is 14.1. The summed E-state index contributed by atoms with van der Waals surface area (Å²) in [5, 5.41) is 9.13. The summed E-state index contributed by atoms with van der Waals surface area (Å²) in [6.07, 6.45) is 3.05. The Morgan fingerprint density at radius 3 is 1.91 bits per heavy atom. The fourth-order valence-corrected chi connectivity index (χ4v) is 9.00. The summed E-state index contributed by atoms with van der Waals surface area (Å²) in [6.45, 7) is 2.27. The van der Waals surface area contributed by atoms with Crippen LogP contribution >= 0.6 is 0 Å². The number of benzene rings is 8. The summed E-state index contributed by atoms with van der Waals surface area (Å²) in [4.78, 5) is 11.1. The number of para-hydroxylation sites is 3. The van der Waals surface area contributed by atoms with Crippen molar-refractivity contribution in [3.63, 3.8) is 0 Å². The molecule has 58 heavy (non-hydrogen) atoms. The Kier molecular flexibility index (Phi) is 7.20. The normalized spacial score (nSPS) is 17.7. The largest absolute Gasteiger partial charge is 0.456 e. The number of furan rings is 2. The van der Waals surface area contributed by atoms with E-state index in [9.17, 15) is 0 Å². The van der Waals surface area contributed by atoms with Gasteiger partial charge in [0, 0.05) is 55.4 Å². The summed E-state index contributed by atoms with van der Waals surface area (Å²) < 4.78 is 15.2. The van der Waals surface area contributed by atoms with Gasteiger partial charge in [0.25, 0.3) is 0 Å². The van der Waals surface area contributed by atoms with Crippen molar-refractivity contribution in [3.05, 3.63) is 193 Å². The number of rotatable bonds is 4. The third-order valence-electron chi connectivity index (χ3n) is 11.8. The molecule has 0 saturated carbocycles. The lowest BCUT2D eigenvalue weighted by atomic mass is 9.92. The van der Waals surface area contributed by atoms with E-state index in [1.807, 2.05) is 30.3 Å². The summed E-state index contributed by atoms with van der Waals surface area (Å²) in [5.74, 6) is 0.753. The quantitative estimate of drug-likeness (QED) is 0.180. The first-order chi connectivity index (χ1) is 28.6. The lowest BCUT2D eigenvalue weighted by molar-refractivity contribution is 0.668. The van der Waals surface area contributed by atoms with Crippen LogP contribution in [0, 0.1) is 5.92 Å². The fraction of sp³-hybridized carbons (Fsp3) is 0.0566. The van der Waals surface area contributed by atoms with Crippen molar-refractivity contribution in [3.8, 4) is 5.69 Å². The third-order valence-corrected chi connectivity index (χ3v) is 11.8. The molecule has 1 atom stereocenters. The molecule has 0 spiro atoms. The molecule has 0 saturated heterocycles. The second kappa shape index (κ2) is 12.8. The molecule has 5 heteroatoms. The Labute approximate surface area is 333 Å². The molecular formula is C53H35N3O2. The maximum absolute atomic E-state index is 6.60. The molecule has 0 amide bonds. The summed E-state index contributed by atoms with van der Waals surface area (Å²) in [5.41, 5.74) is 11.6.